The van der Waals surface area contributed by atoms with Gasteiger partial charge < -0.3 is 11.1 Å². The molecular formula is C11H19N5O. The number of nitrogens with zero attached hydrogens (tertiary/aromatic N) is 3. The van der Waals surface area contributed by atoms with E-state index in [2.05, 4.69) is 15.6 Å². The zero-order valence-electron chi connectivity index (χ0n) is 9.93. The van der Waals surface area contributed by atoms with Crippen molar-refractivity contribution in [3.8, 4) is 0 Å². The van der Waals surface area contributed by atoms with E-state index in [4.69, 9.17) is 5.73 Å². The van der Waals surface area contributed by atoms with Crippen LogP contribution in [0.4, 0.5) is 0 Å². The topological polar surface area (TPSA) is 85.8 Å². The van der Waals surface area contributed by atoms with Gasteiger partial charge in [0.1, 0.15) is 0 Å². The van der Waals surface area contributed by atoms with Crippen LogP contribution in [0.1, 0.15) is 36.2 Å². The fraction of sp³-hybridized carbons (Fsp3) is 0.727. The van der Waals surface area contributed by atoms with E-state index in [0.717, 1.165) is 18.9 Å². The molecule has 1 aromatic rings. The van der Waals surface area contributed by atoms with Gasteiger partial charge in [0.05, 0.1) is 12.7 Å². The van der Waals surface area contributed by atoms with Crippen LogP contribution < -0.4 is 11.1 Å². The molecule has 6 nitrogen and oxygen atoms in total. The van der Waals surface area contributed by atoms with Gasteiger partial charge in [-0.1, -0.05) is 18.1 Å². The first-order chi connectivity index (χ1) is 8.29. The molecule has 1 aliphatic carbocycles. The van der Waals surface area contributed by atoms with Gasteiger partial charge in [0.25, 0.3) is 5.91 Å². The van der Waals surface area contributed by atoms with Crippen LogP contribution in [0.2, 0.25) is 0 Å². The molecule has 0 saturated heterocycles. The van der Waals surface area contributed by atoms with Crippen molar-refractivity contribution < 1.29 is 4.79 Å². The monoisotopic (exact) mass is 237 g/mol. The third-order valence-electron chi connectivity index (χ3n) is 2.90. The van der Waals surface area contributed by atoms with Gasteiger partial charge in [-0.05, 0) is 18.8 Å². The molecule has 17 heavy (non-hydrogen) atoms. The van der Waals surface area contributed by atoms with Gasteiger partial charge in [0.2, 0.25) is 0 Å². The largest absolute Gasteiger partial charge is 0.351 e. The number of amides is 1. The molecule has 0 bridgehead atoms. The van der Waals surface area contributed by atoms with E-state index in [1.54, 1.807) is 10.9 Å². The summed E-state index contributed by atoms with van der Waals surface area (Å²) in [5.41, 5.74) is 5.75. The molecule has 0 aromatic carbocycles. The predicted molar refractivity (Wildman–Crippen MR) is 63.4 cm³/mol. The van der Waals surface area contributed by atoms with Crippen molar-refractivity contribution in [2.45, 2.75) is 32.2 Å². The number of rotatable bonds is 7. The quantitative estimate of drug-likeness (QED) is 0.661. The molecule has 3 N–H and O–H groups in total. The van der Waals surface area contributed by atoms with Crippen molar-refractivity contribution in [1.82, 2.24) is 20.3 Å². The van der Waals surface area contributed by atoms with Crippen LogP contribution in [-0.2, 0) is 6.54 Å². The number of hydrogen-bond acceptors (Lipinski definition) is 4. The van der Waals surface area contributed by atoms with Crippen LogP contribution >= 0.6 is 0 Å². The second-order valence-corrected chi connectivity index (χ2v) is 4.50. The highest BCUT2D eigenvalue weighted by atomic mass is 16.2. The molecule has 1 amide bonds. The molecule has 1 fully saturated rings. The minimum Gasteiger partial charge on any atom is -0.351 e. The molecule has 1 aromatic heterocycles. The van der Waals surface area contributed by atoms with E-state index < -0.39 is 0 Å². The molecular weight excluding hydrogens is 218 g/mol. The summed E-state index contributed by atoms with van der Waals surface area (Å²) >= 11 is 0. The molecule has 0 radical (unpaired) electrons. The minimum atomic E-state index is -0.149. The van der Waals surface area contributed by atoms with E-state index in [0.29, 0.717) is 18.8 Å². The molecule has 2 rings (SSSR count). The number of nitrogens with one attached hydrogen (secondary N) is 1. The first-order valence-electron chi connectivity index (χ1n) is 6.18. The maximum absolute atomic E-state index is 11.7. The molecule has 1 aliphatic rings. The molecule has 94 valence electrons. The highest BCUT2D eigenvalue weighted by Crippen LogP contribution is 2.33. The molecule has 1 heterocycles. The summed E-state index contributed by atoms with van der Waals surface area (Å²) in [6.45, 7) is 1.80. The Morgan fingerprint density at radius 2 is 2.41 bits per heavy atom. The Hall–Kier alpha value is -1.43. The highest BCUT2D eigenvalue weighted by Gasteiger charge is 2.20. The second-order valence-electron chi connectivity index (χ2n) is 4.50. The number of carbonyl (C=O) groups excluding carboxylic acids is 1. The Kier molecular flexibility index (Phi) is 4.08. The van der Waals surface area contributed by atoms with E-state index in [1.807, 2.05) is 0 Å². The summed E-state index contributed by atoms with van der Waals surface area (Å²) in [5.74, 6) is 0.765. The summed E-state index contributed by atoms with van der Waals surface area (Å²) in [6, 6.07) is 0. The average molecular weight is 237 g/mol. The van der Waals surface area contributed by atoms with Crippen LogP contribution in [0.15, 0.2) is 6.20 Å². The first-order valence-corrected chi connectivity index (χ1v) is 6.18. The van der Waals surface area contributed by atoms with Crippen LogP contribution in [0.3, 0.4) is 0 Å². The summed E-state index contributed by atoms with van der Waals surface area (Å²) in [6.07, 6.45) is 6.62. The second kappa shape index (κ2) is 5.77. The van der Waals surface area contributed by atoms with Crippen LogP contribution in [0, 0.1) is 5.92 Å². The van der Waals surface area contributed by atoms with E-state index in [1.165, 1.54) is 19.3 Å². The third-order valence-corrected chi connectivity index (χ3v) is 2.90. The fourth-order valence-electron chi connectivity index (χ4n) is 1.73. The number of hydrogen-bond donors (Lipinski definition) is 2. The lowest BCUT2D eigenvalue weighted by Crippen LogP contribution is -2.24. The molecule has 0 aliphatic heterocycles. The van der Waals surface area contributed by atoms with Crippen molar-refractivity contribution in [2.75, 3.05) is 13.1 Å². The zero-order chi connectivity index (χ0) is 12.1. The SMILES string of the molecule is NCCn1cc(C(=O)NCCCC2CC2)nn1. The number of aromatic nitrogens is 3. The van der Waals surface area contributed by atoms with Crippen molar-refractivity contribution >= 4 is 5.91 Å². The lowest BCUT2D eigenvalue weighted by atomic mass is 10.2. The van der Waals surface area contributed by atoms with Crippen LogP contribution in [0.25, 0.3) is 0 Å². The van der Waals surface area contributed by atoms with Crippen molar-refractivity contribution in [2.24, 2.45) is 11.7 Å². The van der Waals surface area contributed by atoms with E-state index >= 15 is 0 Å². The van der Waals surface area contributed by atoms with Gasteiger partial charge in [0, 0.05) is 13.1 Å². The molecule has 0 atom stereocenters. The van der Waals surface area contributed by atoms with Crippen molar-refractivity contribution in [1.29, 1.82) is 0 Å². The summed E-state index contributed by atoms with van der Waals surface area (Å²) in [7, 11) is 0. The lowest BCUT2D eigenvalue weighted by molar-refractivity contribution is 0.0947. The Morgan fingerprint density at radius 1 is 1.59 bits per heavy atom. The summed E-state index contributed by atoms with van der Waals surface area (Å²) < 4.78 is 1.58. The Balaban J connectivity index is 1.69. The average Bonchev–Trinajstić information content (AvgIpc) is 3.03. The van der Waals surface area contributed by atoms with Gasteiger partial charge >= 0.3 is 0 Å². The first kappa shape index (κ1) is 12.0. The van der Waals surface area contributed by atoms with Gasteiger partial charge in [-0.25, -0.2) is 0 Å². The molecule has 1 saturated carbocycles. The normalized spacial score (nSPS) is 14.9. The Bertz CT molecular complexity index is 372. The smallest absolute Gasteiger partial charge is 0.273 e. The zero-order valence-corrected chi connectivity index (χ0v) is 9.93. The lowest BCUT2D eigenvalue weighted by Gasteiger charge is -2.01. The summed E-state index contributed by atoms with van der Waals surface area (Å²) in [4.78, 5) is 11.7. The van der Waals surface area contributed by atoms with E-state index in [9.17, 15) is 4.79 Å². The standard InChI is InChI=1S/C11H19N5O/c12-5-7-16-8-10(14-15-16)11(17)13-6-1-2-9-3-4-9/h8-9H,1-7,12H2,(H,13,17). The van der Waals surface area contributed by atoms with Crippen molar-refractivity contribution in [3.05, 3.63) is 11.9 Å². The van der Waals surface area contributed by atoms with Gasteiger partial charge in [-0.15, -0.1) is 5.10 Å². The third kappa shape index (κ3) is 3.81. The maximum atomic E-state index is 11.7. The Morgan fingerprint density at radius 3 is 3.12 bits per heavy atom. The van der Waals surface area contributed by atoms with Gasteiger partial charge in [-0.3, -0.25) is 9.48 Å². The Labute approximate surface area is 101 Å². The van der Waals surface area contributed by atoms with Crippen LogP contribution in [-0.4, -0.2) is 34.0 Å². The molecule has 0 spiro atoms. The molecule has 0 unspecified atom stereocenters. The predicted octanol–water partition coefficient (Wildman–Crippen LogP) is 0.157. The number of carbonyl (C=O) groups is 1. The van der Waals surface area contributed by atoms with Gasteiger partial charge in [0.15, 0.2) is 5.69 Å². The number of nitrogens with two attached hydrogens (primary N) is 1. The van der Waals surface area contributed by atoms with Crippen molar-refractivity contribution in [3.63, 3.8) is 0 Å². The molecule has 6 heteroatoms. The van der Waals surface area contributed by atoms with Gasteiger partial charge in [-0.2, -0.15) is 0 Å². The highest BCUT2D eigenvalue weighted by molar-refractivity contribution is 5.91. The van der Waals surface area contributed by atoms with Crippen LogP contribution in [0.5, 0.6) is 0 Å². The maximum Gasteiger partial charge on any atom is 0.273 e. The summed E-state index contributed by atoms with van der Waals surface area (Å²) in [5, 5.41) is 10.5. The minimum absolute atomic E-state index is 0.149. The van der Waals surface area contributed by atoms with E-state index in [-0.39, 0.29) is 5.91 Å². The fourth-order valence-corrected chi connectivity index (χ4v) is 1.73.